The lowest BCUT2D eigenvalue weighted by Gasteiger charge is -2.27. The van der Waals surface area contributed by atoms with Crippen LogP contribution >= 0.6 is 0 Å². The monoisotopic (exact) mass is 307 g/mol. The fraction of sp³-hybridized carbons (Fsp3) is 0.533. The SMILES string of the molecule is N#CC1CCCCC1S(=O)(=O)c1ccc2c(c1)OCCO2. The van der Waals surface area contributed by atoms with Gasteiger partial charge in [-0.25, -0.2) is 8.42 Å². The van der Waals surface area contributed by atoms with Gasteiger partial charge in [-0.2, -0.15) is 5.26 Å². The van der Waals surface area contributed by atoms with Crippen LogP contribution in [0.1, 0.15) is 25.7 Å². The predicted octanol–water partition coefficient (Wildman–Crippen LogP) is 2.31. The normalized spacial score (nSPS) is 25.1. The summed E-state index contributed by atoms with van der Waals surface area (Å²) in [7, 11) is -3.51. The second-order valence-electron chi connectivity index (χ2n) is 5.41. The summed E-state index contributed by atoms with van der Waals surface area (Å²) >= 11 is 0. The Bertz CT molecular complexity index is 677. The molecule has 1 heterocycles. The Hall–Kier alpha value is -1.74. The summed E-state index contributed by atoms with van der Waals surface area (Å²) in [5.74, 6) is 0.615. The molecule has 1 aliphatic heterocycles. The lowest BCUT2D eigenvalue weighted by atomic mass is 9.90. The Kier molecular flexibility index (Phi) is 3.77. The molecule has 5 nitrogen and oxygen atoms in total. The molecular weight excluding hydrogens is 290 g/mol. The minimum Gasteiger partial charge on any atom is -0.486 e. The van der Waals surface area contributed by atoms with Gasteiger partial charge in [0, 0.05) is 6.07 Å². The van der Waals surface area contributed by atoms with E-state index >= 15 is 0 Å². The molecule has 1 aromatic rings. The van der Waals surface area contributed by atoms with E-state index in [2.05, 4.69) is 6.07 Å². The summed E-state index contributed by atoms with van der Waals surface area (Å²) in [5, 5.41) is 8.59. The van der Waals surface area contributed by atoms with Gasteiger partial charge in [0.2, 0.25) is 0 Å². The van der Waals surface area contributed by atoms with Crippen molar-refractivity contribution in [3.63, 3.8) is 0 Å². The highest BCUT2D eigenvalue weighted by Crippen LogP contribution is 2.37. The Morgan fingerprint density at radius 1 is 1.10 bits per heavy atom. The van der Waals surface area contributed by atoms with Gasteiger partial charge in [0.1, 0.15) is 13.2 Å². The van der Waals surface area contributed by atoms with E-state index in [0.29, 0.717) is 37.6 Å². The quantitative estimate of drug-likeness (QED) is 0.838. The van der Waals surface area contributed by atoms with E-state index in [9.17, 15) is 13.7 Å². The lowest BCUT2D eigenvalue weighted by Crippen LogP contribution is -2.32. The van der Waals surface area contributed by atoms with Crippen molar-refractivity contribution in [3.8, 4) is 17.6 Å². The van der Waals surface area contributed by atoms with Gasteiger partial charge in [-0.1, -0.05) is 12.8 Å². The lowest BCUT2D eigenvalue weighted by molar-refractivity contribution is 0.171. The molecule has 1 aromatic carbocycles. The fourth-order valence-electron chi connectivity index (χ4n) is 2.99. The smallest absolute Gasteiger partial charge is 0.182 e. The van der Waals surface area contributed by atoms with Crippen LogP contribution in [0.4, 0.5) is 0 Å². The highest BCUT2D eigenvalue weighted by Gasteiger charge is 2.37. The molecule has 1 fully saturated rings. The van der Waals surface area contributed by atoms with E-state index in [1.807, 2.05) is 0 Å². The first-order valence-electron chi connectivity index (χ1n) is 7.16. The number of hydrogen-bond donors (Lipinski definition) is 0. The van der Waals surface area contributed by atoms with Crippen LogP contribution < -0.4 is 9.47 Å². The number of sulfone groups is 1. The number of ether oxygens (including phenoxy) is 2. The summed E-state index contributed by atoms with van der Waals surface area (Å²) in [6.45, 7) is 0.888. The molecule has 0 bridgehead atoms. The minimum absolute atomic E-state index is 0.221. The molecule has 6 heteroatoms. The number of fused-ring (bicyclic) bond motifs is 1. The van der Waals surface area contributed by atoms with Crippen LogP contribution in [0.25, 0.3) is 0 Å². The predicted molar refractivity (Wildman–Crippen MR) is 76.0 cm³/mol. The number of nitrogens with zero attached hydrogens (tertiary/aromatic N) is 1. The molecule has 2 unspecified atom stereocenters. The highest BCUT2D eigenvalue weighted by atomic mass is 32.2. The maximum Gasteiger partial charge on any atom is 0.182 e. The second kappa shape index (κ2) is 5.57. The molecule has 112 valence electrons. The molecule has 0 saturated heterocycles. The molecule has 0 spiro atoms. The molecule has 0 amide bonds. The second-order valence-corrected chi connectivity index (χ2v) is 7.58. The third kappa shape index (κ3) is 2.58. The van der Waals surface area contributed by atoms with E-state index in [1.54, 1.807) is 12.1 Å². The molecule has 0 aromatic heterocycles. The average molecular weight is 307 g/mol. The van der Waals surface area contributed by atoms with E-state index in [1.165, 1.54) is 6.07 Å². The summed E-state index contributed by atoms with van der Waals surface area (Å²) in [6, 6.07) is 6.86. The Labute approximate surface area is 124 Å². The molecule has 2 aliphatic rings. The Morgan fingerprint density at radius 2 is 1.81 bits per heavy atom. The molecule has 21 heavy (non-hydrogen) atoms. The Morgan fingerprint density at radius 3 is 2.57 bits per heavy atom. The van der Waals surface area contributed by atoms with Crippen LogP contribution in [0.15, 0.2) is 23.1 Å². The number of hydrogen-bond acceptors (Lipinski definition) is 5. The molecule has 0 radical (unpaired) electrons. The van der Waals surface area contributed by atoms with E-state index in [0.717, 1.165) is 12.8 Å². The molecule has 2 atom stereocenters. The zero-order chi connectivity index (χ0) is 14.9. The van der Waals surface area contributed by atoms with Crippen molar-refractivity contribution < 1.29 is 17.9 Å². The van der Waals surface area contributed by atoms with E-state index < -0.39 is 21.0 Å². The van der Waals surface area contributed by atoms with Crippen molar-refractivity contribution >= 4 is 9.84 Å². The van der Waals surface area contributed by atoms with Crippen molar-refractivity contribution in [2.75, 3.05) is 13.2 Å². The summed E-state index contributed by atoms with van der Waals surface area (Å²) in [4.78, 5) is 0.221. The summed E-state index contributed by atoms with van der Waals surface area (Å²) < 4.78 is 36.4. The van der Waals surface area contributed by atoms with Crippen molar-refractivity contribution in [2.24, 2.45) is 5.92 Å². The van der Waals surface area contributed by atoms with Gasteiger partial charge >= 0.3 is 0 Å². The van der Waals surface area contributed by atoms with Crippen LogP contribution in [0.3, 0.4) is 0 Å². The highest BCUT2D eigenvalue weighted by molar-refractivity contribution is 7.92. The largest absolute Gasteiger partial charge is 0.486 e. The number of benzene rings is 1. The zero-order valence-electron chi connectivity index (χ0n) is 11.6. The van der Waals surface area contributed by atoms with Gasteiger partial charge in [0.05, 0.1) is 22.1 Å². The molecule has 0 N–H and O–H groups in total. The van der Waals surface area contributed by atoms with Gasteiger partial charge < -0.3 is 9.47 Å². The van der Waals surface area contributed by atoms with E-state index in [-0.39, 0.29) is 4.90 Å². The standard InChI is InChI=1S/C15H17NO4S/c16-10-11-3-1-2-4-15(11)21(17,18)12-5-6-13-14(9-12)20-8-7-19-13/h5-6,9,11,15H,1-4,7-8H2. The first-order chi connectivity index (χ1) is 10.1. The van der Waals surface area contributed by atoms with Crippen LogP contribution in [0, 0.1) is 17.2 Å². The van der Waals surface area contributed by atoms with E-state index in [4.69, 9.17) is 9.47 Å². The van der Waals surface area contributed by atoms with Gasteiger partial charge in [-0.15, -0.1) is 0 Å². The van der Waals surface area contributed by atoms with Crippen molar-refractivity contribution in [2.45, 2.75) is 35.8 Å². The minimum atomic E-state index is -3.51. The van der Waals surface area contributed by atoms with Crippen molar-refractivity contribution in [3.05, 3.63) is 18.2 Å². The maximum absolute atomic E-state index is 12.8. The third-order valence-corrected chi connectivity index (χ3v) is 6.38. The summed E-state index contributed by atoms with van der Waals surface area (Å²) in [6.07, 6.45) is 2.98. The summed E-state index contributed by atoms with van der Waals surface area (Å²) in [5.41, 5.74) is 0. The zero-order valence-corrected chi connectivity index (χ0v) is 12.4. The first kappa shape index (κ1) is 14.2. The van der Waals surface area contributed by atoms with Gasteiger partial charge in [-0.3, -0.25) is 0 Å². The molecule has 1 saturated carbocycles. The molecule has 3 rings (SSSR count). The van der Waals surface area contributed by atoms with Crippen LogP contribution in [0.2, 0.25) is 0 Å². The van der Waals surface area contributed by atoms with Gasteiger partial charge in [-0.05, 0) is 25.0 Å². The molecule has 1 aliphatic carbocycles. The maximum atomic E-state index is 12.8. The van der Waals surface area contributed by atoms with Crippen LogP contribution in [0.5, 0.6) is 11.5 Å². The average Bonchev–Trinajstić information content (AvgIpc) is 2.54. The van der Waals surface area contributed by atoms with Gasteiger partial charge in [0.15, 0.2) is 21.3 Å². The van der Waals surface area contributed by atoms with Crippen molar-refractivity contribution in [1.29, 1.82) is 5.26 Å². The fourth-order valence-corrected chi connectivity index (χ4v) is 4.98. The number of nitriles is 1. The Balaban J connectivity index is 1.96. The van der Waals surface area contributed by atoms with Crippen molar-refractivity contribution in [1.82, 2.24) is 0 Å². The first-order valence-corrected chi connectivity index (χ1v) is 8.71. The third-order valence-electron chi connectivity index (χ3n) is 4.11. The van der Waals surface area contributed by atoms with Gasteiger partial charge in [0.25, 0.3) is 0 Å². The topological polar surface area (TPSA) is 76.4 Å². The number of rotatable bonds is 2. The molecular formula is C15H17NO4S. The van der Waals surface area contributed by atoms with Crippen LogP contribution in [-0.4, -0.2) is 26.9 Å². The van der Waals surface area contributed by atoms with Crippen LogP contribution in [-0.2, 0) is 9.84 Å².